The van der Waals surface area contributed by atoms with E-state index in [0.29, 0.717) is 23.2 Å². The normalized spacial score (nSPS) is 40.9. The first-order chi connectivity index (χ1) is 16.7. The lowest BCUT2D eigenvalue weighted by Crippen LogP contribution is -2.55. The number of fused-ring (bicyclic) bond motifs is 4. The van der Waals surface area contributed by atoms with Crippen LogP contribution in [-0.2, 0) is 9.53 Å². The van der Waals surface area contributed by atoms with Crippen molar-refractivity contribution in [1.82, 2.24) is 0 Å². The molecule has 0 aliphatic heterocycles. The molecule has 0 aromatic rings. The molecule has 4 rings (SSSR count). The predicted octanol–water partition coefficient (Wildman–Crippen LogP) is 8.57. The molecule has 0 amide bonds. The van der Waals surface area contributed by atoms with Gasteiger partial charge in [0.2, 0.25) is 0 Å². The monoisotopic (exact) mass is 499 g/mol. The maximum Gasteiger partial charge on any atom is 0.302 e. The van der Waals surface area contributed by atoms with E-state index in [2.05, 4.69) is 60.5 Å². The third-order valence-corrected chi connectivity index (χ3v) is 12.4. The van der Waals surface area contributed by atoms with Crippen molar-refractivity contribution >= 4 is 11.7 Å². The van der Waals surface area contributed by atoms with Crippen molar-refractivity contribution in [3.05, 3.63) is 11.1 Å². The van der Waals surface area contributed by atoms with Gasteiger partial charge in [-0.05, 0) is 104 Å². The van der Waals surface area contributed by atoms with E-state index >= 15 is 0 Å². The molecule has 4 aliphatic carbocycles. The van der Waals surface area contributed by atoms with Crippen LogP contribution >= 0.6 is 0 Å². The second-order valence-corrected chi connectivity index (χ2v) is 14.6. The van der Waals surface area contributed by atoms with Crippen molar-refractivity contribution in [3.63, 3.8) is 0 Å². The Hall–Kier alpha value is -1.32. The first kappa shape index (κ1) is 27.7. The Balaban J connectivity index is 1.60. The minimum absolute atomic E-state index is 0.00790. The summed E-state index contributed by atoms with van der Waals surface area (Å²) in [5, 5.41) is 13.1. The molecule has 0 bridgehead atoms. The van der Waals surface area contributed by atoms with E-state index in [4.69, 9.17) is 4.74 Å². The van der Waals surface area contributed by atoms with Gasteiger partial charge in [0, 0.05) is 12.3 Å². The summed E-state index contributed by atoms with van der Waals surface area (Å²) in [6.45, 7) is 20.8. The topological polar surface area (TPSA) is 58.9 Å². The van der Waals surface area contributed by atoms with Crippen LogP contribution in [0.15, 0.2) is 16.3 Å². The minimum Gasteiger partial charge on any atom is -0.462 e. The molecule has 1 N–H and O–H groups in total. The molecule has 0 saturated heterocycles. The zero-order valence-corrected chi connectivity index (χ0v) is 24.7. The standard InChI is InChI=1S/C32H53NO3/c1-20(2)26(33-35)12-10-21(3)23-14-18-32(9)25-11-13-27-29(5,6)28(36-22(4)34)16-17-30(27,7)24(25)15-19-31(23,32)8/h20-21,23,27-28,35H,10-19H2,1-9H3/b33-26+/t21?,23?,27?,28?,30?,31?,32-/m0/s1. The van der Waals surface area contributed by atoms with Crippen LogP contribution in [0.4, 0.5) is 0 Å². The van der Waals surface area contributed by atoms with E-state index in [0.717, 1.165) is 37.3 Å². The van der Waals surface area contributed by atoms with Gasteiger partial charge in [0.25, 0.3) is 0 Å². The van der Waals surface area contributed by atoms with E-state index in [9.17, 15) is 10.0 Å². The number of hydrogen-bond acceptors (Lipinski definition) is 4. The Labute approximate surface area is 220 Å². The summed E-state index contributed by atoms with van der Waals surface area (Å²) in [6, 6.07) is 0. The van der Waals surface area contributed by atoms with Crippen molar-refractivity contribution in [2.24, 2.45) is 50.5 Å². The first-order valence-electron chi connectivity index (χ1n) is 14.8. The molecule has 4 nitrogen and oxygen atoms in total. The number of carbonyl (C=O) groups is 1. The van der Waals surface area contributed by atoms with E-state index in [1.807, 2.05) is 5.57 Å². The van der Waals surface area contributed by atoms with E-state index in [1.54, 1.807) is 12.5 Å². The molecule has 7 atom stereocenters. The van der Waals surface area contributed by atoms with Crippen LogP contribution in [0.5, 0.6) is 0 Å². The van der Waals surface area contributed by atoms with Crippen LogP contribution in [-0.4, -0.2) is 23.0 Å². The maximum atomic E-state index is 11.8. The smallest absolute Gasteiger partial charge is 0.302 e. The molecular weight excluding hydrogens is 446 g/mol. The maximum absolute atomic E-state index is 11.8. The van der Waals surface area contributed by atoms with Gasteiger partial charge in [-0.2, -0.15) is 0 Å². The lowest BCUT2D eigenvalue weighted by Gasteiger charge is -2.62. The zero-order chi connectivity index (χ0) is 26.7. The largest absolute Gasteiger partial charge is 0.462 e. The van der Waals surface area contributed by atoms with Crippen molar-refractivity contribution in [1.29, 1.82) is 0 Å². The van der Waals surface area contributed by atoms with Crippen molar-refractivity contribution < 1.29 is 14.7 Å². The molecule has 204 valence electrons. The first-order valence-corrected chi connectivity index (χ1v) is 14.8. The van der Waals surface area contributed by atoms with Crippen LogP contribution in [0.2, 0.25) is 0 Å². The summed E-state index contributed by atoms with van der Waals surface area (Å²) in [7, 11) is 0. The van der Waals surface area contributed by atoms with Gasteiger partial charge in [-0.15, -0.1) is 0 Å². The third-order valence-electron chi connectivity index (χ3n) is 12.4. The summed E-state index contributed by atoms with van der Waals surface area (Å²) in [6.07, 6.45) is 11.8. The Bertz CT molecular complexity index is 932. The fourth-order valence-electron chi connectivity index (χ4n) is 10.1. The van der Waals surface area contributed by atoms with Crippen LogP contribution in [0.1, 0.15) is 127 Å². The number of allylic oxidation sites excluding steroid dienone is 2. The molecule has 0 heterocycles. The van der Waals surface area contributed by atoms with Gasteiger partial charge < -0.3 is 9.94 Å². The summed E-state index contributed by atoms with van der Waals surface area (Å²) < 4.78 is 5.87. The van der Waals surface area contributed by atoms with Crippen molar-refractivity contribution in [3.8, 4) is 0 Å². The highest BCUT2D eigenvalue weighted by Crippen LogP contribution is 2.72. The van der Waals surface area contributed by atoms with Crippen molar-refractivity contribution in [2.75, 3.05) is 0 Å². The third kappa shape index (κ3) is 4.08. The second kappa shape index (κ2) is 9.45. The highest BCUT2D eigenvalue weighted by molar-refractivity contribution is 5.85. The van der Waals surface area contributed by atoms with Gasteiger partial charge in [-0.1, -0.05) is 71.7 Å². The Kier molecular flexibility index (Phi) is 7.28. The Morgan fingerprint density at radius 3 is 2.31 bits per heavy atom. The average Bonchev–Trinajstić information content (AvgIpc) is 3.07. The molecule has 0 aromatic carbocycles. The van der Waals surface area contributed by atoms with Crippen LogP contribution in [0, 0.1) is 45.3 Å². The van der Waals surface area contributed by atoms with Gasteiger partial charge in [-0.25, -0.2) is 0 Å². The van der Waals surface area contributed by atoms with E-state index < -0.39 is 0 Å². The van der Waals surface area contributed by atoms with Gasteiger partial charge in [0.1, 0.15) is 6.10 Å². The van der Waals surface area contributed by atoms with Gasteiger partial charge >= 0.3 is 5.97 Å². The summed E-state index contributed by atoms with van der Waals surface area (Å²) >= 11 is 0. The average molecular weight is 500 g/mol. The molecule has 4 heteroatoms. The molecule has 36 heavy (non-hydrogen) atoms. The van der Waals surface area contributed by atoms with Gasteiger partial charge in [-0.3, -0.25) is 4.79 Å². The summed E-state index contributed by atoms with van der Waals surface area (Å²) in [4.78, 5) is 11.8. The van der Waals surface area contributed by atoms with Gasteiger partial charge in [0.15, 0.2) is 0 Å². The lowest BCUT2D eigenvalue weighted by molar-refractivity contribution is -0.167. The Morgan fingerprint density at radius 2 is 1.69 bits per heavy atom. The molecule has 2 saturated carbocycles. The van der Waals surface area contributed by atoms with Gasteiger partial charge in [0.05, 0.1) is 5.71 Å². The van der Waals surface area contributed by atoms with E-state index in [1.165, 1.54) is 38.5 Å². The summed E-state index contributed by atoms with van der Waals surface area (Å²) in [5.74, 6) is 2.11. The van der Waals surface area contributed by atoms with E-state index in [-0.39, 0.29) is 28.3 Å². The number of carbonyl (C=O) groups excluding carboxylic acids is 1. The minimum atomic E-state index is -0.134. The van der Waals surface area contributed by atoms with Crippen LogP contribution in [0.25, 0.3) is 0 Å². The fraction of sp³-hybridized carbons (Fsp3) is 0.875. The molecular formula is C32H53NO3. The van der Waals surface area contributed by atoms with Crippen molar-refractivity contribution in [2.45, 2.75) is 133 Å². The van der Waals surface area contributed by atoms with Crippen LogP contribution in [0.3, 0.4) is 0 Å². The molecule has 0 spiro atoms. The SMILES string of the molecule is CC(=O)OC1CCC2(C)C3=C(CCC2C1(C)C)[C@]1(C)CCC(C(C)CC/C(=N\O)C(C)C)C1(C)CC3. The number of ether oxygens (including phenoxy) is 1. The molecule has 0 aromatic heterocycles. The highest BCUT2D eigenvalue weighted by Gasteiger charge is 2.63. The number of hydrogen-bond donors (Lipinski definition) is 1. The highest BCUT2D eigenvalue weighted by atomic mass is 16.5. The zero-order valence-electron chi connectivity index (χ0n) is 24.7. The fourth-order valence-corrected chi connectivity index (χ4v) is 10.1. The number of oxime groups is 1. The van der Waals surface area contributed by atoms with Crippen LogP contribution < -0.4 is 0 Å². The number of rotatable bonds is 6. The number of nitrogens with zero attached hydrogens (tertiary/aromatic N) is 1. The second-order valence-electron chi connectivity index (χ2n) is 14.6. The molecule has 6 unspecified atom stereocenters. The molecule has 0 radical (unpaired) electrons. The quantitative estimate of drug-likeness (QED) is 0.131. The Morgan fingerprint density at radius 1 is 1.00 bits per heavy atom. The predicted molar refractivity (Wildman–Crippen MR) is 147 cm³/mol. The summed E-state index contributed by atoms with van der Waals surface area (Å²) in [5.41, 5.74) is 5.41. The number of esters is 1. The lowest BCUT2D eigenvalue weighted by atomic mass is 9.43. The molecule has 2 fully saturated rings. The molecule has 4 aliphatic rings.